The highest BCUT2D eigenvalue weighted by atomic mass is 32.1. The van der Waals surface area contributed by atoms with E-state index in [0.29, 0.717) is 24.0 Å². The lowest BCUT2D eigenvalue weighted by Crippen LogP contribution is -2.45. The number of nitrogens with one attached hydrogen (secondary N) is 1. The van der Waals surface area contributed by atoms with Crippen LogP contribution in [0.1, 0.15) is 35.5 Å². The minimum Gasteiger partial charge on any atom is -0.483 e. The number of aryl methyl sites for hydroxylation is 1. The topological polar surface area (TPSA) is 120 Å². The molecular formula is C20H20N7O4S+. The van der Waals surface area contributed by atoms with Gasteiger partial charge in [-0.15, -0.1) is 10.2 Å². The van der Waals surface area contributed by atoms with Gasteiger partial charge in [-0.25, -0.2) is 9.48 Å². The summed E-state index contributed by atoms with van der Waals surface area (Å²) in [6, 6.07) is 3.37. The molecule has 1 N–H and O–H groups in total. The number of ether oxygens (including phenoxy) is 1. The van der Waals surface area contributed by atoms with E-state index in [2.05, 4.69) is 25.5 Å². The highest BCUT2D eigenvalue weighted by Crippen LogP contribution is 2.36. The number of rotatable bonds is 4. The van der Waals surface area contributed by atoms with Crippen molar-refractivity contribution in [1.29, 1.82) is 0 Å². The number of hydrogen-bond donors (Lipinski definition) is 1. The second kappa shape index (κ2) is 8.08. The summed E-state index contributed by atoms with van der Waals surface area (Å²) in [7, 11) is 0. The molecule has 12 heteroatoms. The molecule has 5 rings (SSSR count). The summed E-state index contributed by atoms with van der Waals surface area (Å²) >= 11 is 1.15. The molecule has 0 bridgehead atoms. The molecule has 2 atom stereocenters. The van der Waals surface area contributed by atoms with Crippen molar-refractivity contribution < 1.29 is 13.9 Å². The Balaban J connectivity index is 1.42. The summed E-state index contributed by atoms with van der Waals surface area (Å²) < 4.78 is 12.4. The number of carbonyl (C=O) groups is 1. The van der Waals surface area contributed by atoms with Gasteiger partial charge in [0.15, 0.2) is 5.76 Å². The summed E-state index contributed by atoms with van der Waals surface area (Å²) in [5, 5.41) is 15.6. The van der Waals surface area contributed by atoms with E-state index in [1.807, 2.05) is 17.9 Å². The predicted octanol–water partition coefficient (Wildman–Crippen LogP) is 2.32. The van der Waals surface area contributed by atoms with E-state index in [4.69, 9.17) is 15.7 Å². The van der Waals surface area contributed by atoms with Gasteiger partial charge in [-0.2, -0.15) is 5.10 Å². The fraction of sp³-hybridized carbons (Fsp3) is 0.400. The first-order valence-electron chi connectivity index (χ1n) is 10.2. The average Bonchev–Trinajstić information content (AvgIpc) is 3.54. The molecule has 11 nitrogen and oxygen atoms in total. The van der Waals surface area contributed by atoms with E-state index in [0.717, 1.165) is 36.3 Å². The largest absolute Gasteiger partial charge is 0.483 e. The molecule has 3 aromatic heterocycles. The third kappa shape index (κ3) is 3.50. The first-order chi connectivity index (χ1) is 15.5. The number of aromatic nitrogens is 4. The molecule has 0 unspecified atom stereocenters. The highest BCUT2D eigenvalue weighted by molar-refractivity contribution is 7.17. The zero-order chi connectivity index (χ0) is 22.2. The molecule has 164 valence electrons. The molecular weight excluding hydrogens is 434 g/mol. The fourth-order valence-corrected chi connectivity index (χ4v) is 4.94. The standard InChI is InChI=1S/C20H19N7O4S/c1-11-6-7-22-27(11)20-25-24-19(32-20)23-17(28)15-10-14-16(18(29)31-15)30-9-8-26(14)13-5-3-4-12(13)21-2/h2,6-7,10,12-13H,3-5,8-9H2,1H3/p+1/t12-,13+/m1/s1. The zero-order valence-corrected chi connectivity index (χ0v) is 18.0. The highest BCUT2D eigenvalue weighted by Gasteiger charge is 2.42. The molecule has 1 amide bonds. The lowest BCUT2D eigenvalue weighted by atomic mass is 10.1. The lowest BCUT2D eigenvalue weighted by molar-refractivity contribution is 0.0990. The summed E-state index contributed by atoms with van der Waals surface area (Å²) in [6.45, 7) is 8.39. The van der Waals surface area contributed by atoms with E-state index in [1.54, 1.807) is 10.9 Å². The van der Waals surface area contributed by atoms with Gasteiger partial charge in [-0.1, -0.05) is 16.2 Å². The van der Waals surface area contributed by atoms with Crippen LogP contribution in [0.5, 0.6) is 5.75 Å². The van der Waals surface area contributed by atoms with Crippen molar-refractivity contribution in [1.82, 2.24) is 20.0 Å². The van der Waals surface area contributed by atoms with Crippen LogP contribution in [0, 0.1) is 13.5 Å². The molecule has 3 aromatic rings. The van der Waals surface area contributed by atoms with Gasteiger partial charge in [0.1, 0.15) is 12.6 Å². The van der Waals surface area contributed by atoms with E-state index >= 15 is 0 Å². The quantitative estimate of drug-likeness (QED) is 0.638. The Labute approximate surface area is 186 Å². The number of fused-ring (bicyclic) bond motifs is 1. The Kier molecular flexibility index (Phi) is 5.10. The summed E-state index contributed by atoms with van der Waals surface area (Å²) in [4.78, 5) is 31.4. The van der Waals surface area contributed by atoms with Gasteiger partial charge in [-0.3, -0.25) is 10.1 Å². The second-order valence-electron chi connectivity index (χ2n) is 7.60. The molecule has 0 aromatic carbocycles. The van der Waals surface area contributed by atoms with E-state index in [1.165, 1.54) is 6.07 Å². The Hall–Kier alpha value is -3.72. The minimum absolute atomic E-state index is 0.0314. The van der Waals surface area contributed by atoms with Crippen molar-refractivity contribution in [2.24, 2.45) is 0 Å². The van der Waals surface area contributed by atoms with Crippen molar-refractivity contribution in [3.8, 4) is 17.5 Å². The molecule has 32 heavy (non-hydrogen) atoms. The van der Waals surface area contributed by atoms with E-state index in [-0.39, 0.29) is 28.7 Å². The molecule has 0 saturated heterocycles. The van der Waals surface area contributed by atoms with Gasteiger partial charge in [0.25, 0.3) is 18.5 Å². The van der Waals surface area contributed by atoms with Crippen molar-refractivity contribution in [3.05, 3.63) is 45.0 Å². The molecule has 0 spiro atoms. The van der Waals surface area contributed by atoms with Crippen LogP contribution in [0.3, 0.4) is 0 Å². The Morgan fingerprint density at radius 1 is 1.38 bits per heavy atom. The monoisotopic (exact) mass is 454 g/mol. The predicted molar refractivity (Wildman–Crippen MR) is 117 cm³/mol. The zero-order valence-electron chi connectivity index (χ0n) is 17.2. The second-order valence-corrected chi connectivity index (χ2v) is 8.55. The maximum Gasteiger partial charge on any atom is 0.381 e. The Morgan fingerprint density at radius 3 is 3.03 bits per heavy atom. The third-order valence-electron chi connectivity index (χ3n) is 5.68. The maximum absolute atomic E-state index is 12.8. The van der Waals surface area contributed by atoms with Crippen molar-refractivity contribution >= 4 is 28.1 Å². The summed E-state index contributed by atoms with van der Waals surface area (Å²) in [5.41, 5.74) is 0.694. The van der Waals surface area contributed by atoms with Gasteiger partial charge in [0, 0.05) is 24.4 Å². The molecule has 4 heterocycles. The van der Waals surface area contributed by atoms with Crippen LogP contribution in [-0.4, -0.2) is 51.1 Å². The van der Waals surface area contributed by atoms with Crippen LogP contribution < -0.4 is 20.6 Å². The van der Waals surface area contributed by atoms with Crippen molar-refractivity contribution in [3.63, 3.8) is 0 Å². The molecule has 1 aliphatic heterocycles. The minimum atomic E-state index is -0.707. The number of hydrogen-bond acceptors (Lipinski definition) is 9. The average molecular weight is 454 g/mol. The lowest BCUT2D eigenvalue weighted by Gasteiger charge is -2.34. The van der Waals surface area contributed by atoms with Crippen LogP contribution in [0.2, 0.25) is 0 Å². The van der Waals surface area contributed by atoms with Crippen LogP contribution in [0.15, 0.2) is 27.5 Å². The van der Waals surface area contributed by atoms with Crippen molar-refractivity contribution in [2.75, 3.05) is 23.4 Å². The first-order valence-corrected chi connectivity index (χ1v) is 11.0. The Bertz CT molecular complexity index is 1270. The SMILES string of the molecule is C#[N+][C@@H]1CCC[C@@H]1N1CCOc2c1cc(C(=O)Nc1nnc(-n3nccc3C)s1)oc2=O. The van der Waals surface area contributed by atoms with Gasteiger partial charge in [-0.05, 0) is 25.8 Å². The van der Waals surface area contributed by atoms with Gasteiger partial charge < -0.3 is 14.1 Å². The number of anilines is 2. The van der Waals surface area contributed by atoms with Crippen LogP contribution in [0.25, 0.3) is 9.98 Å². The van der Waals surface area contributed by atoms with Gasteiger partial charge in [0.05, 0.1) is 12.2 Å². The van der Waals surface area contributed by atoms with E-state index < -0.39 is 11.5 Å². The van der Waals surface area contributed by atoms with Crippen molar-refractivity contribution in [2.45, 2.75) is 38.3 Å². The maximum atomic E-state index is 12.8. The van der Waals surface area contributed by atoms with Crippen LogP contribution >= 0.6 is 11.3 Å². The Morgan fingerprint density at radius 2 is 2.25 bits per heavy atom. The molecule has 2 aliphatic rings. The number of carbonyl (C=O) groups excluding carboxylic acids is 1. The number of amides is 1. The first kappa shape index (κ1) is 20.2. The van der Waals surface area contributed by atoms with Gasteiger partial charge in [0.2, 0.25) is 16.0 Å². The summed E-state index contributed by atoms with van der Waals surface area (Å²) in [6.07, 6.45) is 4.43. The van der Waals surface area contributed by atoms with Crippen LogP contribution in [0.4, 0.5) is 10.8 Å². The molecule has 1 fully saturated rings. The van der Waals surface area contributed by atoms with E-state index in [9.17, 15) is 9.59 Å². The molecule has 1 aliphatic carbocycles. The van der Waals surface area contributed by atoms with Crippen LogP contribution in [-0.2, 0) is 0 Å². The normalized spacial score (nSPS) is 19.8. The molecule has 1 saturated carbocycles. The molecule has 0 radical (unpaired) electrons. The fourth-order valence-electron chi connectivity index (χ4n) is 4.18. The smallest absolute Gasteiger partial charge is 0.381 e. The summed E-state index contributed by atoms with van der Waals surface area (Å²) in [5.74, 6) is -0.653. The number of nitrogens with zero attached hydrogens (tertiary/aromatic N) is 6. The van der Waals surface area contributed by atoms with Gasteiger partial charge >= 0.3 is 5.63 Å². The third-order valence-corrected chi connectivity index (χ3v) is 6.50.